The smallest absolute Gasteiger partial charge is 1.00 e. The fraction of sp³-hybridized carbons (Fsp3) is 0. The van der Waals surface area contributed by atoms with E-state index in [0.717, 1.165) is 4.90 Å². The average Bonchev–Trinajstić information content (AvgIpc) is 2.28. The Bertz CT molecular complexity index is 331. The van der Waals surface area contributed by atoms with E-state index in [0.29, 0.717) is 0 Å². The van der Waals surface area contributed by atoms with E-state index in [1.165, 1.54) is 17.5 Å². The summed E-state index contributed by atoms with van der Waals surface area (Å²) in [4.78, 5) is 1.16. The third-order valence-corrected chi connectivity index (χ3v) is 2.17. The van der Waals surface area contributed by atoms with Crippen molar-refractivity contribution < 1.29 is 2.85 Å². The molecule has 1 aromatic rings. The van der Waals surface area contributed by atoms with Gasteiger partial charge in [0.25, 0.3) is 0 Å². The SMILES string of the molecule is C1=Cc2ccccc2SN=N1.[Ca+2].[H-].[H-]. The molecule has 0 radical (unpaired) electrons. The summed E-state index contributed by atoms with van der Waals surface area (Å²) >= 11 is 1.41. The molecule has 0 saturated carbocycles. The van der Waals surface area contributed by atoms with Gasteiger partial charge in [-0.3, -0.25) is 0 Å². The normalized spacial score (nSPS) is 13.0. The first-order chi connectivity index (χ1) is 5.47. The van der Waals surface area contributed by atoms with Crippen molar-refractivity contribution in [1.82, 2.24) is 0 Å². The van der Waals surface area contributed by atoms with Crippen LogP contribution in [-0.4, -0.2) is 37.7 Å². The van der Waals surface area contributed by atoms with Crippen LogP contribution in [0.25, 0.3) is 6.08 Å². The van der Waals surface area contributed by atoms with Crippen LogP contribution in [-0.2, 0) is 0 Å². The van der Waals surface area contributed by atoms with Crippen molar-refractivity contribution >= 4 is 55.8 Å². The van der Waals surface area contributed by atoms with Gasteiger partial charge in [0.15, 0.2) is 0 Å². The van der Waals surface area contributed by atoms with E-state index in [2.05, 4.69) is 15.7 Å². The third-order valence-electron chi connectivity index (χ3n) is 1.43. The minimum atomic E-state index is 0. The topological polar surface area (TPSA) is 24.7 Å². The molecule has 1 heterocycles. The van der Waals surface area contributed by atoms with Gasteiger partial charge in [-0.15, -0.1) is 4.52 Å². The summed E-state index contributed by atoms with van der Waals surface area (Å²) in [6.45, 7) is 0. The second kappa shape index (κ2) is 5.02. The molecule has 0 unspecified atom stereocenters. The van der Waals surface area contributed by atoms with Gasteiger partial charge in [0.05, 0.1) is 6.20 Å². The standard InChI is InChI=1S/C8H6N2S.Ca.2H/c1-2-4-8-7(3-1)5-6-9-10-11-8;;;/h1-6H;;;/q;+2;2*-1. The Balaban J connectivity index is 0. The van der Waals surface area contributed by atoms with Gasteiger partial charge in [-0.2, -0.15) is 5.11 Å². The second-order valence-electron chi connectivity index (χ2n) is 2.14. The number of fused-ring (bicyclic) bond motifs is 1. The van der Waals surface area contributed by atoms with Crippen molar-refractivity contribution in [2.45, 2.75) is 4.90 Å². The van der Waals surface area contributed by atoms with Crippen LogP contribution in [0.15, 0.2) is 45.0 Å². The maximum absolute atomic E-state index is 3.87. The maximum atomic E-state index is 3.87. The molecule has 0 bridgehead atoms. The Morgan fingerprint density at radius 1 is 1.25 bits per heavy atom. The van der Waals surface area contributed by atoms with Gasteiger partial charge in [-0.25, -0.2) is 0 Å². The van der Waals surface area contributed by atoms with E-state index in [9.17, 15) is 0 Å². The van der Waals surface area contributed by atoms with Crippen molar-refractivity contribution in [2.24, 2.45) is 9.63 Å². The molecule has 0 N–H and O–H groups in total. The molecule has 2 rings (SSSR count). The van der Waals surface area contributed by atoms with Crippen LogP contribution in [0.4, 0.5) is 0 Å². The maximum Gasteiger partial charge on any atom is 2.00 e. The Morgan fingerprint density at radius 2 is 2.08 bits per heavy atom. The molecule has 0 spiro atoms. The first-order valence-corrected chi connectivity index (χ1v) is 4.07. The number of hydrogen-bond donors (Lipinski definition) is 0. The summed E-state index contributed by atoms with van der Waals surface area (Å²) in [6, 6.07) is 8.10. The fourth-order valence-corrected chi connectivity index (χ4v) is 1.48. The van der Waals surface area contributed by atoms with Gasteiger partial charge in [-0.1, -0.05) is 18.2 Å². The summed E-state index contributed by atoms with van der Waals surface area (Å²) in [5.74, 6) is 0. The average molecular weight is 204 g/mol. The largest absolute Gasteiger partial charge is 2.00 e. The van der Waals surface area contributed by atoms with Crippen LogP contribution < -0.4 is 0 Å². The molecule has 58 valence electrons. The first-order valence-electron chi connectivity index (χ1n) is 3.29. The number of benzene rings is 1. The first kappa shape index (κ1) is 10.3. The molecule has 2 nitrogen and oxygen atoms in total. The monoisotopic (exact) mass is 204 g/mol. The second-order valence-corrected chi connectivity index (χ2v) is 2.93. The van der Waals surface area contributed by atoms with Crippen molar-refractivity contribution in [1.29, 1.82) is 0 Å². The summed E-state index contributed by atoms with van der Waals surface area (Å²) in [5.41, 5.74) is 1.18. The molecule has 0 fully saturated rings. The predicted molar refractivity (Wildman–Crippen MR) is 54.2 cm³/mol. The molecular formula is C8H8CaN2S. The zero-order chi connectivity index (χ0) is 7.52. The molecule has 12 heavy (non-hydrogen) atoms. The van der Waals surface area contributed by atoms with E-state index in [1.54, 1.807) is 6.20 Å². The molecule has 1 aliphatic heterocycles. The van der Waals surface area contributed by atoms with Crippen molar-refractivity contribution in [3.8, 4) is 0 Å². The molecule has 0 saturated heterocycles. The molecule has 0 aromatic heterocycles. The summed E-state index contributed by atoms with van der Waals surface area (Å²) in [5, 5.41) is 3.79. The predicted octanol–water partition coefficient (Wildman–Crippen LogP) is 2.97. The Kier molecular flexibility index (Phi) is 4.29. The van der Waals surface area contributed by atoms with Crippen LogP contribution >= 0.6 is 11.9 Å². The van der Waals surface area contributed by atoms with Gasteiger partial charge in [0.2, 0.25) is 0 Å². The minimum absolute atomic E-state index is 0. The molecule has 1 aliphatic rings. The fourth-order valence-electron chi connectivity index (χ4n) is 0.910. The zero-order valence-corrected chi connectivity index (χ0v) is 9.50. The van der Waals surface area contributed by atoms with Crippen molar-refractivity contribution in [2.75, 3.05) is 0 Å². The minimum Gasteiger partial charge on any atom is -1.00 e. The van der Waals surface area contributed by atoms with Crippen LogP contribution in [0.2, 0.25) is 0 Å². The van der Waals surface area contributed by atoms with E-state index in [4.69, 9.17) is 0 Å². The van der Waals surface area contributed by atoms with E-state index >= 15 is 0 Å². The molecular weight excluding hydrogens is 196 g/mol. The summed E-state index contributed by atoms with van der Waals surface area (Å²) < 4.78 is 3.87. The van der Waals surface area contributed by atoms with Crippen LogP contribution in [0.3, 0.4) is 0 Å². The van der Waals surface area contributed by atoms with E-state index in [1.807, 2.05) is 24.3 Å². The van der Waals surface area contributed by atoms with Crippen LogP contribution in [0, 0.1) is 0 Å². The number of nitrogens with zero attached hydrogens (tertiary/aromatic N) is 2. The molecule has 4 heteroatoms. The number of rotatable bonds is 0. The Labute approximate surface area is 108 Å². The van der Waals surface area contributed by atoms with Gasteiger partial charge in [-0.05, 0) is 17.7 Å². The van der Waals surface area contributed by atoms with Gasteiger partial charge >= 0.3 is 37.7 Å². The molecule has 0 aliphatic carbocycles. The Hall–Kier alpha value is 0.170. The molecule has 0 amide bonds. The third kappa shape index (κ3) is 2.33. The summed E-state index contributed by atoms with van der Waals surface area (Å²) in [7, 11) is 0. The number of hydrogen-bond acceptors (Lipinski definition) is 3. The zero-order valence-electron chi connectivity index (χ0n) is 8.47. The van der Waals surface area contributed by atoms with Gasteiger partial charge in [0, 0.05) is 16.8 Å². The Morgan fingerprint density at radius 3 is 3.00 bits per heavy atom. The van der Waals surface area contributed by atoms with Crippen molar-refractivity contribution in [3.63, 3.8) is 0 Å². The quantitative estimate of drug-likeness (QED) is 0.471. The van der Waals surface area contributed by atoms with Crippen LogP contribution in [0.5, 0.6) is 0 Å². The molecule has 0 atom stereocenters. The summed E-state index contributed by atoms with van der Waals surface area (Å²) in [6.07, 6.45) is 3.66. The van der Waals surface area contributed by atoms with Gasteiger partial charge in [0.1, 0.15) is 0 Å². The molecule has 1 aromatic carbocycles. The van der Waals surface area contributed by atoms with E-state index in [-0.39, 0.29) is 40.6 Å². The van der Waals surface area contributed by atoms with Gasteiger partial charge < -0.3 is 2.85 Å². The van der Waals surface area contributed by atoms with Crippen molar-refractivity contribution in [3.05, 3.63) is 36.0 Å². The van der Waals surface area contributed by atoms with Crippen LogP contribution in [0.1, 0.15) is 8.42 Å². The van der Waals surface area contributed by atoms with E-state index < -0.39 is 0 Å².